The maximum Gasteiger partial charge on any atom is 0.283 e. The van der Waals surface area contributed by atoms with E-state index >= 15 is 0 Å². The van der Waals surface area contributed by atoms with E-state index in [9.17, 15) is 10.1 Å². The van der Waals surface area contributed by atoms with Crippen LogP contribution in [0.4, 0.5) is 5.69 Å². The Kier molecular flexibility index (Phi) is 6.10. The maximum atomic E-state index is 10.9. The van der Waals surface area contributed by atoms with Crippen molar-refractivity contribution in [2.24, 2.45) is 11.1 Å². The van der Waals surface area contributed by atoms with Crippen molar-refractivity contribution in [2.75, 3.05) is 19.6 Å². The molecule has 0 aliphatic rings. The molecule has 0 spiro atoms. The van der Waals surface area contributed by atoms with Crippen LogP contribution < -0.4 is 5.73 Å². The Labute approximate surface area is 128 Å². The van der Waals surface area contributed by atoms with Crippen LogP contribution in [0.3, 0.4) is 0 Å². The molecule has 1 aromatic rings. The second-order valence-electron chi connectivity index (χ2n) is 5.71. The van der Waals surface area contributed by atoms with Gasteiger partial charge in [0.25, 0.3) is 5.69 Å². The average Bonchev–Trinajstić information content (AvgIpc) is 2.39. The Morgan fingerprint density at radius 1 is 1.45 bits per heavy atom. The largest absolute Gasteiger partial charge is 0.330 e. The monoisotopic (exact) mass is 343 g/mol. The third-order valence-electron chi connectivity index (χ3n) is 3.26. The summed E-state index contributed by atoms with van der Waals surface area (Å²) in [6, 6.07) is 5.27. The molecule has 5 nitrogen and oxygen atoms in total. The van der Waals surface area contributed by atoms with Crippen molar-refractivity contribution in [2.45, 2.75) is 27.3 Å². The highest BCUT2D eigenvalue weighted by molar-refractivity contribution is 9.10. The minimum Gasteiger partial charge on any atom is -0.330 e. The summed E-state index contributed by atoms with van der Waals surface area (Å²) in [5, 5.41) is 10.9. The third-order valence-corrected chi connectivity index (χ3v) is 3.94. The minimum absolute atomic E-state index is 0.0390. The zero-order chi connectivity index (χ0) is 15.3. The van der Waals surface area contributed by atoms with E-state index in [0.29, 0.717) is 17.6 Å². The van der Waals surface area contributed by atoms with Gasteiger partial charge in [0.15, 0.2) is 0 Å². The van der Waals surface area contributed by atoms with E-state index in [2.05, 4.69) is 41.6 Å². The highest BCUT2D eigenvalue weighted by Crippen LogP contribution is 2.26. The zero-order valence-electron chi connectivity index (χ0n) is 12.2. The van der Waals surface area contributed by atoms with Crippen molar-refractivity contribution in [1.29, 1.82) is 0 Å². The van der Waals surface area contributed by atoms with Crippen LogP contribution in [-0.4, -0.2) is 29.5 Å². The molecular weight excluding hydrogens is 322 g/mol. The first-order valence-corrected chi connectivity index (χ1v) is 7.43. The number of nitrogens with two attached hydrogens (primary N) is 1. The van der Waals surface area contributed by atoms with Crippen LogP contribution in [0.15, 0.2) is 22.7 Å². The van der Waals surface area contributed by atoms with Crippen molar-refractivity contribution in [3.63, 3.8) is 0 Å². The Hall–Kier alpha value is -0.980. The second-order valence-corrected chi connectivity index (χ2v) is 6.57. The van der Waals surface area contributed by atoms with Crippen molar-refractivity contribution >= 4 is 21.6 Å². The molecule has 0 fully saturated rings. The van der Waals surface area contributed by atoms with E-state index in [1.54, 1.807) is 12.1 Å². The quantitative estimate of drug-likeness (QED) is 0.609. The van der Waals surface area contributed by atoms with Crippen molar-refractivity contribution < 1.29 is 4.92 Å². The van der Waals surface area contributed by atoms with Crippen LogP contribution in [0.5, 0.6) is 0 Å². The average molecular weight is 344 g/mol. The van der Waals surface area contributed by atoms with Crippen molar-refractivity contribution in [3.05, 3.63) is 38.3 Å². The van der Waals surface area contributed by atoms with Crippen LogP contribution in [0.25, 0.3) is 0 Å². The fraction of sp³-hybridized carbons (Fsp3) is 0.571. The van der Waals surface area contributed by atoms with Crippen LogP contribution >= 0.6 is 15.9 Å². The Balaban J connectivity index is 2.85. The predicted molar refractivity (Wildman–Crippen MR) is 84.6 cm³/mol. The van der Waals surface area contributed by atoms with Gasteiger partial charge in [0.1, 0.15) is 0 Å². The van der Waals surface area contributed by atoms with Gasteiger partial charge in [-0.3, -0.25) is 15.0 Å². The number of benzene rings is 1. The van der Waals surface area contributed by atoms with E-state index in [4.69, 9.17) is 5.73 Å². The molecule has 2 N–H and O–H groups in total. The number of hydrogen-bond acceptors (Lipinski definition) is 4. The minimum atomic E-state index is -0.367. The molecule has 112 valence electrons. The molecule has 0 atom stereocenters. The molecule has 0 aliphatic carbocycles. The predicted octanol–water partition coefficient (Wildman–Crippen LogP) is 3.16. The lowest BCUT2D eigenvalue weighted by Crippen LogP contribution is -2.38. The number of halogens is 1. The second kappa shape index (κ2) is 7.15. The number of rotatable bonds is 7. The number of nitro benzene ring substituents is 1. The molecule has 0 amide bonds. The highest BCUT2D eigenvalue weighted by atomic mass is 79.9. The van der Waals surface area contributed by atoms with Gasteiger partial charge in [-0.15, -0.1) is 0 Å². The zero-order valence-corrected chi connectivity index (χ0v) is 13.8. The summed E-state index contributed by atoms with van der Waals surface area (Å²) in [5.41, 5.74) is 6.85. The van der Waals surface area contributed by atoms with Crippen molar-refractivity contribution in [1.82, 2.24) is 4.90 Å². The number of nitrogens with zero attached hydrogens (tertiary/aromatic N) is 2. The fourth-order valence-corrected chi connectivity index (χ4v) is 2.40. The maximum absolute atomic E-state index is 10.9. The molecule has 0 aromatic heterocycles. The van der Waals surface area contributed by atoms with Crippen LogP contribution in [0, 0.1) is 15.5 Å². The highest BCUT2D eigenvalue weighted by Gasteiger charge is 2.20. The molecule has 0 unspecified atom stereocenters. The van der Waals surface area contributed by atoms with Gasteiger partial charge in [-0.1, -0.05) is 26.8 Å². The van der Waals surface area contributed by atoms with E-state index < -0.39 is 0 Å². The Morgan fingerprint density at radius 3 is 2.60 bits per heavy atom. The van der Waals surface area contributed by atoms with Crippen LogP contribution in [0.2, 0.25) is 0 Å². The smallest absolute Gasteiger partial charge is 0.283 e. The lowest BCUT2D eigenvalue weighted by Gasteiger charge is -2.31. The molecule has 0 bridgehead atoms. The van der Waals surface area contributed by atoms with Crippen LogP contribution in [0.1, 0.15) is 26.3 Å². The normalized spacial score (nSPS) is 11.9. The molecule has 0 heterocycles. The summed E-state index contributed by atoms with van der Waals surface area (Å²) in [5.74, 6) is 0. The SMILES string of the molecule is CCN(Cc1ccc(Br)c([N+](=O)[O-])c1)CC(C)(C)CN. The molecule has 20 heavy (non-hydrogen) atoms. The Morgan fingerprint density at radius 2 is 2.10 bits per heavy atom. The Bertz CT molecular complexity index is 477. The lowest BCUT2D eigenvalue weighted by atomic mass is 9.93. The molecule has 0 radical (unpaired) electrons. The molecular formula is C14H22BrN3O2. The first-order valence-electron chi connectivity index (χ1n) is 6.64. The molecule has 0 saturated heterocycles. The third kappa shape index (κ3) is 4.85. The van der Waals surface area contributed by atoms with Gasteiger partial charge in [0.2, 0.25) is 0 Å². The summed E-state index contributed by atoms with van der Waals surface area (Å²) in [6.07, 6.45) is 0. The van der Waals surface area contributed by atoms with E-state index in [1.807, 2.05) is 6.07 Å². The lowest BCUT2D eigenvalue weighted by molar-refractivity contribution is -0.385. The first-order chi connectivity index (χ1) is 9.29. The van der Waals surface area contributed by atoms with Gasteiger partial charge in [0, 0.05) is 19.2 Å². The summed E-state index contributed by atoms with van der Waals surface area (Å²) in [4.78, 5) is 12.8. The fourth-order valence-electron chi connectivity index (χ4n) is 2.00. The standard InChI is InChI=1S/C14H22BrN3O2/c1-4-17(10-14(2,3)9-16)8-11-5-6-12(15)13(7-11)18(19)20/h5-7H,4,8-10,16H2,1-3H3. The van der Waals surface area contributed by atoms with Gasteiger partial charge in [-0.25, -0.2) is 0 Å². The van der Waals surface area contributed by atoms with Gasteiger partial charge < -0.3 is 5.73 Å². The van der Waals surface area contributed by atoms with Gasteiger partial charge in [-0.05, 0) is 46.1 Å². The summed E-state index contributed by atoms with van der Waals surface area (Å²) in [7, 11) is 0. The van der Waals surface area contributed by atoms with Crippen molar-refractivity contribution in [3.8, 4) is 0 Å². The summed E-state index contributed by atoms with van der Waals surface area (Å²) >= 11 is 3.20. The van der Waals surface area contributed by atoms with Gasteiger partial charge in [-0.2, -0.15) is 0 Å². The first kappa shape index (κ1) is 17.1. The number of nitro groups is 1. The topological polar surface area (TPSA) is 72.4 Å². The summed E-state index contributed by atoms with van der Waals surface area (Å²) < 4.78 is 0.511. The van der Waals surface area contributed by atoms with Gasteiger partial charge in [0.05, 0.1) is 9.40 Å². The molecule has 0 aliphatic heterocycles. The summed E-state index contributed by atoms with van der Waals surface area (Å²) in [6.45, 7) is 9.38. The number of hydrogen-bond donors (Lipinski definition) is 1. The molecule has 1 aromatic carbocycles. The molecule has 0 saturated carbocycles. The molecule has 1 rings (SSSR count). The van der Waals surface area contributed by atoms with E-state index in [1.165, 1.54) is 0 Å². The van der Waals surface area contributed by atoms with E-state index in [-0.39, 0.29) is 16.0 Å². The van der Waals surface area contributed by atoms with Gasteiger partial charge >= 0.3 is 0 Å². The van der Waals surface area contributed by atoms with Crippen LogP contribution in [-0.2, 0) is 6.54 Å². The molecule has 6 heteroatoms. The van der Waals surface area contributed by atoms with E-state index in [0.717, 1.165) is 18.7 Å².